The summed E-state index contributed by atoms with van der Waals surface area (Å²) in [6, 6.07) is 9.27. The monoisotopic (exact) mass is 398 g/mol. The van der Waals surface area contributed by atoms with E-state index in [1.807, 2.05) is 18.3 Å². The highest BCUT2D eigenvalue weighted by molar-refractivity contribution is 5.78. The summed E-state index contributed by atoms with van der Waals surface area (Å²) in [4.78, 5) is 24.0. The van der Waals surface area contributed by atoms with Crippen molar-refractivity contribution in [2.24, 2.45) is 12.8 Å². The first-order valence-corrected chi connectivity index (χ1v) is 9.67. The van der Waals surface area contributed by atoms with Gasteiger partial charge in [-0.3, -0.25) is 14.8 Å². The Bertz CT molecular complexity index is 1220. The predicted octanol–water partition coefficient (Wildman–Crippen LogP) is 2.05. The molecule has 0 spiro atoms. The van der Waals surface area contributed by atoms with Crippen molar-refractivity contribution in [3.63, 3.8) is 0 Å². The van der Waals surface area contributed by atoms with Crippen LogP contribution >= 0.6 is 0 Å². The lowest BCUT2D eigenvalue weighted by molar-refractivity contribution is 0.311. The zero-order chi connectivity index (χ0) is 21.3. The number of rotatable bonds is 3. The largest absolute Gasteiger partial charge is 0.404 e. The van der Waals surface area contributed by atoms with Crippen molar-refractivity contribution in [1.82, 2.24) is 19.4 Å². The molecule has 30 heavy (non-hydrogen) atoms. The summed E-state index contributed by atoms with van der Waals surface area (Å²) in [5, 5.41) is 8.98. The first-order valence-electron chi connectivity index (χ1n) is 9.67. The molecule has 1 aromatic carbocycles. The van der Waals surface area contributed by atoms with Gasteiger partial charge in [-0.05, 0) is 36.7 Å². The van der Waals surface area contributed by atoms with E-state index >= 15 is 0 Å². The lowest BCUT2D eigenvalue weighted by Gasteiger charge is -2.27. The summed E-state index contributed by atoms with van der Waals surface area (Å²) in [6.07, 6.45) is 7.47. The molecule has 0 radical (unpaired) electrons. The van der Waals surface area contributed by atoms with Crippen molar-refractivity contribution >= 4 is 5.57 Å². The molecule has 0 saturated heterocycles. The molecule has 2 N–H and O–H groups in total. The second-order valence-corrected chi connectivity index (χ2v) is 7.46. The van der Waals surface area contributed by atoms with E-state index < -0.39 is 0 Å². The van der Waals surface area contributed by atoms with Gasteiger partial charge in [-0.15, -0.1) is 0 Å². The highest BCUT2D eigenvalue weighted by atomic mass is 16.1. The van der Waals surface area contributed by atoms with Crippen molar-refractivity contribution in [2.75, 3.05) is 13.6 Å². The number of hydrogen-bond donors (Lipinski definition) is 1. The average Bonchev–Trinajstić information content (AvgIpc) is 2.78. The molecule has 7 heteroatoms. The van der Waals surface area contributed by atoms with Gasteiger partial charge in [0.15, 0.2) is 0 Å². The Labute approximate surface area is 174 Å². The average molecular weight is 398 g/mol. The van der Waals surface area contributed by atoms with E-state index in [9.17, 15) is 4.79 Å². The van der Waals surface area contributed by atoms with Gasteiger partial charge in [0.25, 0.3) is 5.56 Å². The van der Waals surface area contributed by atoms with Crippen molar-refractivity contribution in [2.45, 2.75) is 13.0 Å². The van der Waals surface area contributed by atoms with Crippen LogP contribution in [0, 0.1) is 11.3 Å². The number of fused-ring (bicyclic) bond motifs is 1. The van der Waals surface area contributed by atoms with Crippen LogP contribution in [0.2, 0.25) is 0 Å². The number of pyridine rings is 1. The Morgan fingerprint density at radius 2 is 1.93 bits per heavy atom. The van der Waals surface area contributed by atoms with Crippen molar-refractivity contribution < 1.29 is 0 Å². The highest BCUT2D eigenvalue weighted by Gasteiger charge is 2.22. The molecule has 7 nitrogen and oxygen atoms in total. The van der Waals surface area contributed by atoms with Gasteiger partial charge in [-0.2, -0.15) is 5.26 Å². The fourth-order valence-electron chi connectivity index (χ4n) is 3.81. The van der Waals surface area contributed by atoms with Gasteiger partial charge in [-0.1, -0.05) is 12.1 Å². The molecule has 0 fully saturated rings. The van der Waals surface area contributed by atoms with E-state index in [0.29, 0.717) is 17.8 Å². The van der Waals surface area contributed by atoms with Crippen LogP contribution in [0.1, 0.15) is 27.9 Å². The minimum Gasteiger partial charge on any atom is -0.404 e. The van der Waals surface area contributed by atoms with Crippen molar-refractivity contribution in [3.8, 4) is 17.3 Å². The molecule has 4 rings (SSSR count). The maximum atomic E-state index is 12.6. The quantitative estimate of drug-likeness (QED) is 0.725. The summed E-state index contributed by atoms with van der Waals surface area (Å²) in [7, 11) is 3.82. The third kappa shape index (κ3) is 3.49. The lowest BCUT2D eigenvalue weighted by Crippen LogP contribution is -2.34. The molecule has 1 aliphatic heterocycles. The summed E-state index contributed by atoms with van der Waals surface area (Å²) in [5.41, 5.74) is 12.3. The number of nitrogens with zero attached hydrogens (tertiary/aromatic N) is 5. The van der Waals surface area contributed by atoms with E-state index in [-0.39, 0.29) is 5.56 Å². The van der Waals surface area contributed by atoms with Crippen LogP contribution in [0.5, 0.6) is 0 Å². The molecule has 0 atom stereocenters. The third-order valence-electron chi connectivity index (χ3n) is 5.46. The predicted molar refractivity (Wildman–Crippen MR) is 115 cm³/mol. The Morgan fingerprint density at radius 3 is 2.57 bits per heavy atom. The molecule has 1 aliphatic rings. The van der Waals surface area contributed by atoms with Crippen LogP contribution in [-0.2, 0) is 20.0 Å². The number of hydrogen-bond acceptors (Lipinski definition) is 6. The normalized spacial score (nSPS) is 14.2. The van der Waals surface area contributed by atoms with Crippen LogP contribution in [0.25, 0.3) is 16.8 Å². The summed E-state index contributed by atoms with van der Waals surface area (Å²) >= 11 is 0. The molecule has 0 unspecified atom stereocenters. The number of nitrogens with two attached hydrogens (primary N) is 1. The molecule has 150 valence electrons. The number of likely N-dealkylation sites (N-methyl/N-ethyl adjacent to an activating group) is 1. The van der Waals surface area contributed by atoms with Crippen LogP contribution < -0.4 is 11.3 Å². The highest BCUT2D eigenvalue weighted by Crippen LogP contribution is 2.28. The maximum Gasteiger partial charge on any atom is 0.253 e. The third-order valence-corrected chi connectivity index (χ3v) is 5.46. The Morgan fingerprint density at radius 1 is 1.17 bits per heavy atom. The second kappa shape index (κ2) is 7.93. The molecule has 0 saturated carbocycles. The fourth-order valence-corrected chi connectivity index (χ4v) is 3.81. The SMILES string of the molecule is CN1CCc2c(c(-c3cnc(/C(=C\N)c4ccc(C#N)cc4)cn3)cn(C)c2=O)C1. The van der Waals surface area contributed by atoms with E-state index in [1.165, 1.54) is 6.20 Å². The number of aryl methyl sites for hydroxylation is 1. The van der Waals surface area contributed by atoms with Crippen LogP contribution in [0.4, 0.5) is 0 Å². The lowest BCUT2D eigenvalue weighted by atomic mass is 9.96. The van der Waals surface area contributed by atoms with Gasteiger partial charge in [-0.25, -0.2) is 0 Å². The minimum absolute atomic E-state index is 0.0561. The van der Waals surface area contributed by atoms with Crippen LogP contribution in [0.3, 0.4) is 0 Å². The molecule has 3 heterocycles. The van der Waals surface area contributed by atoms with Gasteiger partial charge in [0.1, 0.15) is 0 Å². The van der Waals surface area contributed by atoms with Crippen LogP contribution in [-0.4, -0.2) is 33.0 Å². The zero-order valence-corrected chi connectivity index (χ0v) is 17.0. The summed E-state index contributed by atoms with van der Waals surface area (Å²) in [6.45, 7) is 1.58. The molecule has 2 aromatic heterocycles. The number of benzene rings is 1. The van der Waals surface area contributed by atoms with E-state index in [2.05, 4.69) is 28.0 Å². The maximum absolute atomic E-state index is 12.6. The Kier molecular flexibility index (Phi) is 5.17. The molecular formula is C23H22N6O. The molecular weight excluding hydrogens is 376 g/mol. The van der Waals surface area contributed by atoms with Gasteiger partial charge < -0.3 is 15.2 Å². The van der Waals surface area contributed by atoms with Crippen molar-refractivity contribution in [3.05, 3.63) is 87.4 Å². The van der Waals surface area contributed by atoms with Gasteiger partial charge in [0.05, 0.1) is 35.4 Å². The molecule has 0 aliphatic carbocycles. The van der Waals surface area contributed by atoms with E-state index in [0.717, 1.165) is 46.5 Å². The zero-order valence-electron chi connectivity index (χ0n) is 17.0. The molecule has 3 aromatic rings. The van der Waals surface area contributed by atoms with Crippen molar-refractivity contribution in [1.29, 1.82) is 5.26 Å². The number of nitriles is 1. The van der Waals surface area contributed by atoms with Gasteiger partial charge in [0.2, 0.25) is 0 Å². The van der Waals surface area contributed by atoms with Crippen LogP contribution in [0.15, 0.2) is 53.9 Å². The Hall–Kier alpha value is -3.76. The van der Waals surface area contributed by atoms with Gasteiger partial charge >= 0.3 is 0 Å². The smallest absolute Gasteiger partial charge is 0.253 e. The summed E-state index contributed by atoms with van der Waals surface area (Å²) in [5.74, 6) is 0. The summed E-state index contributed by atoms with van der Waals surface area (Å²) < 4.78 is 1.62. The second-order valence-electron chi connectivity index (χ2n) is 7.46. The topological polar surface area (TPSA) is 101 Å². The first kappa shape index (κ1) is 19.6. The van der Waals surface area contributed by atoms with Gasteiger partial charge in [0, 0.05) is 49.2 Å². The Balaban J connectivity index is 1.73. The number of aromatic nitrogens is 3. The standard InChI is InChI=1S/C23H22N6O/c1-28-8-7-17-19(13-28)20(14-29(2)23(17)30)22-12-26-21(11-27-22)18(10-25)16-5-3-15(9-24)4-6-16/h3-6,10-12,14H,7-8,13,25H2,1-2H3/b18-10-. The fraction of sp³-hybridized carbons (Fsp3) is 0.217. The minimum atomic E-state index is 0.0561. The first-order chi connectivity index (χ1) is 14.5. The van der Waals surface area contributed by atoms with E-state index in [1.54, 1.807) is 36.1 Å². The van der Waals surface area contributed by atoms with E-state index in [4.69, 9.17) is 11.0 Å². The molecule has 0 amide bonds. The molecule has 0 bridgehead atoms.